The second-order valence-electron chi connectivity index (χ2n) is 9.53. The molecule has 2 N–H and O–H groups in total. The van der Waals surface area contributed by atoms with E-state index in [1.54, 1.807) is 12.3 Å². The summed E-state index contributed by atoms with van der Waals surface area (Å²) in [6.45, 7) is 8.15. The van der Waals surface area contributed by atoms with Gasteiger partial charge in [0, 0.05) is 23.5 Å². The van der Waals surface area contributed by atoms with Crippen molar-refractivity contribution >= 4 is 36.0 Å². The molecule has 10 heteroatoms. The van der Waals surface area contributed by atoms with Gasteiger partial charge in [-0.25, -0.2) is 9.78 Å². The largest absolute Gasteiger partial charge is 0.495 e. The summed E-state index contributed by atoms with van der Waals surface area (Å²) in [5.74, 6) is 0.585. The smallest absolute Gasteiger partial charge is 0.465 e. The van der Waals surface area contributed by atoms with Gasteiger partial charge < -0.3 is 24.7 Å². The zero-order valence-electron chi connectivity index (χ0n) is 20.3. The molecule has 178 valence electrons. The third kappa shape index (κ3) is 5.01. The van der Waals surface area contributed by atoms with Crippen molar-refractivity contribution in [1.29, 1.82) is 5.26 Å². The fraction of sp³-hybridized carbons (Fsp3) is 0.500. The van der Waals surface area contributed by atoms with E-state index in [-0.39, 0.29) is 12.0 Å². The lowest BCUT2D eigenvalue weighted by Crippen LogP contribution is -2.40. The lowest BCUT2D eigenvalue weighted by atomic mass is 9.73. The quantitative estimate of drug-likeness (QED) is 0.492. The molecular weight excluding hydrogens is 433 g/mol. The molecular formula is C24H30BN5O4. The molecule has 1 saturated carbocycles. The van der Waals surface area contributed by atoms with Crippen molar-refractivity contribution in [1.82, 2.24) is 9.97 Å². The first-order chi connectivity index (χ1) is 16.2. The first-order valence-corrected chi connectivity index (χ1v) is 11.5. The summed E-state index contributed by atoms with van der Waals surface area (Å²) in [5.41, 5.74) is 2.93. The Morgan fingerprint density at radius 2 is 2.09 bits per heavy atom. The van der Waals surface area contributed by atoms with Crippen LogP contribution < -0.4 is 16.1 Å². The molecule has 2 fully saturated rings. The highest BCUT2D eigenvalue weighted by molar-refractivity contribution is 6.64. The maximum Gasteiger partial charge on any atom is 0.495 e. The van der Waals surface area contributed by atoms with Gasteiger partial charge in [0.25, 0.3) is 0 Å². The van der Waals surface area contributed by atoms with Crippen LogP contribution in [-0.4, -0.2) is 48.4 Å². The van der Waals surface area contributed by atoms with E-state index in [1.807, 2.05) is 33.8 Å². The second-order valence-corrected chi connectivity index (χ2v) is 9.53. The molecule has 2 aliphatic rings. The number of hydrogen-bond acceptors (Lipinski definition) is 9. The molecule has 0 amide bonds. The third-order valence-corrected chi connectivity index (χ3v) is 6.27. The molecule has 2 unspecified atom stereocenters. The summed E-state index contributed by atoms with van der Waals surface area (Å²) >= 11 is 0. The first kappa shape index (κ1) is 24.0. The van der Waals surface area contributed by atoms with Crippen LogP contribution in [0.15, 0.2) is 18.3 Å². The van der Waals surface area contributed by atoms with E-state index in [0.29, 0.717) is 35.1 Å². The second kappa shape index (κ2) is 9.61. The highest BCUT2D eigenvalue weighted by atomic mass is 16.7. The predicted octanol–water partition coefficient (Wildman–Crippen LogP) is 3.25. The van der Waals surface area contributed by atoms with Gasteiger partial charge in [-0.1, -0.05) is 0 Å². The molecule has 9 nitrogen and oxygen atoms in total. The number of rotatable bonds is 6. The van der Waals surface area contributed by atoms with Crippen LogP contribution in [0.3, 0.4) is 0 Å². The van der Waals surface area contributed by atoms with Crippen LogP contribution in [0.5, 0.6) is 0 Å². The minimum atomic E-state index is -0.649. The first-order valence-electron chi connectivity index (χ1n) is 11.5. The number of nitrogens with zero attached hydrogens (tertiary/aromatic N) is 3. The van der Waals surface area contributed by atoms with Gasteiger partial charge >= 0.3 is 13.1 Å². The molecule has 2 atom stereocenters. The summed E-state index contributed by atoms with van der Waals surface area (Å²) in [6, 6.07) is 6.06. The van der Waals surface area contributed by atoms with E-state index in [4.69, 9.17) is 14.0 Å². The highest BCUT2D eigenvalue weighted by Crippen LogP contribution is 2.29. The standard InChI is InChI=1S/C24H30BN5O4/c1-14-9-17(10-18(22(31)32-5)20(14)25-33-13-24(3,4)34-25)28-23-27-12-15(2)21(30-23)29-19-8-6-7-16(19)11-26/h9-10,12,16,19H,6-8,13H2,1-5H3,(H2,27,28,29,30). The summed E-state index contributed by atoms with van der Waals surface area (Å²) in [7, 11) is 0.699. The molecule has 0 radical (unpaired) electrons. The Kier molecular flexibility index (Phi) is 6.78. The summed E-state index contributed by atoms with van der Waals surface area (Å²) in [6.07, 6.45) is 4.60. The number of nitrogens with one attached hydrogen (secondary N) is 2. The number of esters is 1. The van der Waals surface area contributed by atoms with Crippen LogP contribution in [0, 0.1) is 31.1 Å². The van der Waals surface area contributed by atoms with E-state index < -0.39 is 18.7 Å². The van der Waals surface area contributed by atoms with Crippen LogP contribution >= 0.6 is 0 Å². The highest BCUT2D eigenvalue weighted by Gasteiger charge is 2.41. The molecule has 1 aliphatic heterocycles. The zero-order valence-corrected chi connectivity index (χ0v) is 20.3. The average Bonchev–Trinajstić information content (AvgIpc) is 3.40. The average molecular weight is 463 g/mol. The number of benzene rings is 1. The Labute approximate surface area is 200 Å². The lowest BCUT2D eigenvalue weighted by Gasteiger charge is -2.19. The van der Waals surface area contributed by atoms with E-state index in [0.717, 1.165) is 30.4 Å². The van der Waals surface area contributed by atoms with Gasteiger partial charge in [0.2, 0.25) is 5.95 Å². The number of carbonyl (C=O) groups excluding carboxylic acids is 1. The Bertz CT molecular complexity index is 1130. The molecule has 2 aromatic rings. The van der Waals surface area contributed by atoms with Crippen molar-refractivity contribution in [2.45, 2.75) is 58.6 Å². The summed E-state index contributed by atoms with van der Waals surface area (Å²) < 4.78 is 16.9. The van der Waals surface area contributed by atoms with Crippen LogP contribution in [0.1, 0.15) is 54.6 Å². The van der Waals surface area contributed by atoms with E-state index in [2.05, 4.69) is 26.7 Å². The van der Waals surface area contributed by atoms with Gasteiger partial charge in [-0.15, -0.1) is 0 Å². The van der Waals surface area contributed by atoms with Crippen molar-refractivity contribution in [3.8, 4) is 6.07 Å². The number of ether oxygens (including phenoxy) is 1. The van der Waals surface area contributed by atoms with Crippen LogP contribution in [0.4, 0.5) is 17.5 Å². The maximum absolute atomic E-state index is 12.6. The number of aryl methyl sites for hydroxylation is 2. The lowest BCUT2D eigenvalue weighted by molar-refractivity contribution is 0.0601. The molecule has 1 saturated heterocycles. The van der Waals surface area contributed by atoms with E-state index in [1.165, 1.54) is 7.11 Å². The van der Waals surface area contributed by atoms with Gasteiger partial charge in [0.05, 0.1) is 36.9 Å². The van der Waals surface area contributed by atoms with E-state index >= 15 is 0 Å². The SMILES string of the molecule is COC(=O)c1cc(Nc2ncc(C)c(NC3CCCC3C#N)n2)cc(C)c1B1OCC(C)(C)O1. The van der Waals surface area contributed by atoms with Gasteiger partial charge in [-0.05, 0) is 70.1 Å². The molecule has 0 bridgehead atoms. The van der Waals surface area contributed by atoms with Crippen LogP contribution in [0.2, 0.25) is 0 Å². The van der Waals surface area contributed by atoms with Crippen LogP contribution in [0.25, 0.3) is 0 Å². The Morgan fingerprint density at radius 3 is 2.76 bits per heavy atom. The molecule has 1 aliphatic carbocycles. The number of nitriles is 1. The molecule has 1 aromatic heterocycles. The normalized spacial score (nSPS) is 21.2. The van der Waals surface area contributed by atoms with Crippen molar-refractivity contribution in [2.75, 3.05) is 24.4 Å². The van der Waals surface area contributed by atoms with Gasteiger partial charge in [0.15, 0.2) is 0 Å². The van der Waals surface area contributed by atoms with Crippen molar-refractivity contribution in [2.24, 2.45) is 5.92 Å². The van der Waals surface area contributed by atoms with Crippen molar-refractivity contribution in [3.05, 3.63) is 35.0 Å². The van der Waals surface area contributed by atoms with E-state index in [9.17, 15) is 10.1 Å². The molecule has 1 aromatic carbocycles. The van der Waals surface area contributed by atoms with Gasteiger partial charge in [-0.3, -0.25) is 0 Å². The summed E-state index contributed by atoms with van der Waals surface area (Å²) in [4.78, 5) is 21.7. The molecule has 0 spiro atoms. The predicted molar refractivity (Wildman–Crippen MR) is 129 cm³/mol. The summed E-state index contributed by atoms with van der Waals surface area (Å²) in [5, 5.41) is 16.0. The minimum Gasteiger partial charge on any atom is -0.465 e. The number of methoxy groups -OCH3 is 1. The minimum absolute atomic E-state index is 0.0198. The number of carbonyl (C=O) groups is 1. The molecule has 2 heterocycles. The fourth-order valence-corrected chi connectivity index (χ4v) is 4.48. The molecule has 4 rings (SSSR count). The Hall–Kier alpha value is -3.16. The Balaban J connectivity index is 1.61. The Morgan fingerprint density at radius 1 is 1.29 bits per heavy atom. The zero-order chi connectivity index (χ0) is 24.5. The number of hydrogen-bond donors (Lipinski definition) is 2. The fourth-order valence-electron chi connectivity index (χ4n) is 4.48. The van der Waals surface area contributed by atoms with Crippen molar-refractivity contribution < 1.29 is 18.8 Å². The number of aromatic nitrogens is 2. The van der Waals surface area contributed by atoms with Crippen molar-refractivity contribution in [3.63, 3.8) is 0 Å². The monoisotopic (exact) mass is 463 g/mol. The number of anilines is 3. The molecule has 34 heavy (non-hydrogen) atoms. The topological polar surface area (TPSA) is 118 Å². The maximum atomic E-state index is 12.6. The third-order valence-electron chi connectivity index (χ3n) is 6.27. The van der Waals surface area contributed by atoms with Gasteiger partial charge in [0.1, 0.15) is 5.82 Å². The van der Waals surface area contributed by atoms with Crippen LogP contribution in [-0.2, 0) is 14.0 Å². The van der Waals surface area contributed by atoms with Gasteiger partial charge in [-0.2, -0.15) is 10.2 Å².